The third-order valence-electron chi connectivity index (χ3n) is 3.51. The number of esters is 1. The van der Waals surface area contributed by atoms with Crippen LogP contribution in [0.4, 0.5) is 4.79 Å². The van der Waals surface area contributed by atoms with E-state index in [-0.39, 0.29) is 12.5 Å². The van der Waals surface area contributed by atoms with Gasteiger partial charge in [0.05, 0.1) is 26.4 Å². The number of carbonyl (C=O) groups excluding carboxylic acids is 2. The fourth-order valence-corrected chi connectivity index (χ4v) is 2.64. The Kier molecular flexibility index (Phi) is 6.62. The first-order chi connectivity index (χ1) is 10.2. The van der Waals surface area contributed by atoms with Gasteiger partial charge in [-0.25, -0.2) is 9.59 Å². The predicted octanol–water partition coefficient (Wildman–Crippen LogP) is 1.18. The molecule has 3 atom stereocenters. The minimum Gasteiger partial charge on any atom is -0.467 e. The maximum absolute atomic E-state index is 12.4. The van der Waals surface area contributed by atoms with Gasteiger partial charge in [-0.3, -0.25) is 4.90 Å². The monoisotopic (exact) mass is 317 g/mol. The molecule has 128 valence electrons. The first-order valence-electron chi connectivity index (χ1n) is 7.52. The third kappa shape index (κ3) is 4.58. The molecular weight excluding hydrogens is 290 g/mol. The predicted molar refractivity (Wildman–Crippen MR) is 79.4 cm³/mol. The molecule has 0 saturated carbocycles. The van der Waals surface area contributed by atoms with Crippen LogP contribution in [0.1, 0.15) is 34.1 Å². The van der Waals surface area contributed by atoms with Crippen molar-refractivity contribution in [2.24, 2.45) is 5.92 Å². The molecule has 1 rings (SSSR count). The number of rotatable bonds is 5. The zero-order chi connectivity index (χ0) is 16.9. The van der Waals surface area contributed by atoms with Crippen molar-refractivity contribution in [1.29, 1.82) is 0 Å². The van der Waals surface area contributed by atoms with Crippen molar-refractivity contribution < 1.29 is 28.9 Å². The highest BCUT2D eigenvalue weighted by Crippen LogP contribution is 2.32. The van der Waals surface area contributed by atoms with Gasteiger partial charge in [0, 0.05) is 12.5 Å². The van der Waals surface area contributed by atoms with Crippen LogP contribution in [0.15, 0.2) is 0 Å². The average Bonchev–Trinajstić information content (AvgIpc) is 2.81. The Bertz CT molecular complexity index is 392. The van der Waals surface area contributed by atoms with Gasteiger partial charge in [-0.2, -0.15) is 0 Å². The average molecular weight is 317 g/mol. The summed E-state index contributed by atoms with van der Waals surface area (Å²) in [4.78, 5) is 25.8. The lowest BCUT2D eigenvalue weighted by Crippen LogP contribution is -2.50. The standard InChI is InChI=1S/C15H27NO6/c1-6-21-9-10-7-11(8-17)16(12(10)13(18)20-5)14(19)22-15(2,3)4/h10-12,17H,6-9H2,1-5H3/t10-,11+,12+/m0/s1. The molecule has 0 aromatic heterocycles. The van der Waals surface area contributed by atoms with Crippen LogP contribution in [-0.4, -0.2) is 66.7 Å². The number of aliphatic hydroxyl groups is 1. The molecule has 0 spiro atoms. The summed E-state index contributed by atoms with van der Waals surface area (Å²) in [5.74, 6) is -0.747. The minimum absolute atomic E-state index is 0.225. The van der Waals surface area contributed by atoms with Gasteiger partial charge in [0.1, 0.15) is 11.6 Å². The molecule has 1 aliphatic rings. The van der Waals surface area contributed by atoms with E-state index in [4.69, 9.17) is 14.2 Å². The van der Waals surface area contributed by atoms with Gasteiger partial charge in [-0.15, -0.1) is 0 Å². The maximum atomic E-state index is 12.4. The first kappa shape index (κ1) is 18.7. The molecule has 0 bridgehead atoms. The van der Waals surface area contributed by atoms with Crippen molar-refractivity contribution in [3.05, 3.63) is 0 Å². The summed E-state index contributed by atoms with van der Waals surface area (Å²) >= 11 is 0. The highest BCUT2D eigenvalue weighted by atomic mass is 16.6. The quantitative estimate of drug-likeness (QED) is 0.767. The van der Waals surface area contributed by atoms with Gasteiger partial charge in [0.2, 0.25) is 0 Å². The lowest BCUT2D eigenvalue weighted by atomic mass is 10.00. The van der Waals surface area contributed by atoms with Gasteiger partial charge in [0.15, 0.2) is 0 Å². The number of hydrogen-bond donors (Lipinski definition) is 1. The topological polar surface area (TPSA) is 85.3 Å². The molecule has 1 amide bonds. The SMILES string of the molecule is CCOC[C@@H]1C[C@H](CO)N(C(=O)OC(C)(C)C)[C@H]1C(=O)OC. The Morgan fingerprint density at radius 2 is 1.95 bits per heavy atom. The highest BCUT2D eigenvalue weighted by Gasteiger charge is 2.49. The van der Waals surface area contributed by atoms with Crippen LogP contribution in [0.25, 0.3) is 0 Å². The van der Waals surface area contributed by atoms with Crippen LogP contribution in [0, 0.1) is 5.92 Å². The first-order valence-corrected chi connectivity index (χ1v) is 7.52. The Hall–Kier alpha value is -1.34. The molecule has 0 aliphatic carbocycles. The lowest BCUT2D eigenvalue weighted by Gasteiger charge is -2.31. The zero-order valence-corrected chi connectivity index (χ0v) is 14.0. The molecule has 22 heavy (non-hydrogen) atoms. The van der Waals surface area contributed by atoms with E-state index in [9.17, 15) is 14.7 Å². The molecule has 0 unspecified atom stereocenters. The van der Waals surface area contributed by atoms with E-state index in [1.807, 2.05) is 6.92 Å². The summed E-state index contributed by atoms with van der Waals surface area (Å²) in [6.45, 7) is 7.71. The molecule has 7 nitrogen and oxygen atoms in total. The summed E-state index contributed by atoms with van der Waals surface area (Å²) in [5.41, 5.74) is -0.685. The van der Waals surface area contributed by atoms with E-state index >= 15 is 0 Å². The second kappa shape index (κ2) is 7.78. The second-order valence-corrected chi connectivity index (χ2v) is 6.35. The van der Waals surface area contributed by atoms with Gasteiger partial charge in [0.25, 0.3) is 0 Å². The maximum Gasteiger partial charge on any atom is 0.411 e. The number of likely N-dealkylation sites (tertiary alicyclic amines) is 1. The number of aliphatic hydroxyl groups excluding tert-OH is 1. The number of ether oxygens (including phenoxy) is 3. The summed E-state index contributed by atoms with van der Waals surface area (Å²) in [6.07, 6.45) is -0.156. The Balaban J connectivity index is 3.01. The lowest BCUT2D eigenvalue weighted by molar-refractivity contribution is -0.148. The fourth-order valence-electron chi connectivity index (χ4n) is 2.64. The molecule has 1 fully saturated rings. The van der Waals surface area contributed by atoms with Crippen molar-refractivity contribution in [2.75, 3.05) is 26.9 Å². The van der Waals surface area contributed by atoms with E-state index in [2.05, 4.69) is 0 Å². The van der Waals surface area contributed by atoms with Crippen LogP contribution in [0.3, 0.4) is 0 Å². The Morgan fingerprint density at radius 1 is 1.32 bits per heavy atom. The van der Waals surface area contributed by atoms with Crippen LogP contribution < -0.4 is 0 Å². The molecule has 1 N–H and O–H groups in total. The Labute approximate surface area is 131 Å². The van der Waals surface area contributed by atoms with E-state index in [1.54, 1.807) is 20.8 Å². The fraction of sp³-hybridized carbons (Fsp3) is 0.867. The van der Waals surface area contributed by atoms with Gasteiger partial charge >= 0.3 is 12.1 Å². The van der Waals surface area contributed by atoms with Crippen molar-refractivity contribution in [3.63, 3.8) is 0 Å². The number of amides is 1. The summed E-state index contributed by atoms with van der Waals surface area (Å²) in [5, 5.41) is 9.56. The molecule has 1 aliphatic heterocycles. The van der Waals surface area contributed by atoms with Crippen LogP contribution in [0.5, 0.6) is 0 Å². The molecular formula is C15H27NO6. The van der Waals surface area contributed by atoms with E-state index in [1.165, 1.54) is 12.0 Å². The second-order valence-electron chi connectivity index (χ2n) is 6.35. The normalized spacial score (nSPS) is 25.2. The van der Waals surface area contributed by atoms with Crippen LogP contribution in [0.2, 0.25) is 0 Å². The van der Waals surface area contributed by atoms with Gasteiger partial charge < -0.3 is 19.3 Å². The largest absolute Gasteiger partial charge is 0.467 e. The van der Waals surface area contributed by atoms with Gasteiger partial charge in [-0.1, -0.05) is 0 Å². The molecule has 1 heterocycles. The summed E-state index contributed by atoms with van der Waals surface area (Å²) in [7, 11) is 1.28. The van der Waals surface area contributed by atoms with Crippen LogP contribution in [-0.2, 0) is 19.0 Å². The third-order valence-corrected chi connectivity index (χ3v) is 3.51. The van der Waals surface area contributed by atoms with Crippen molar-refractivity contribution >= 4 is 12.1 Å². The molecule has 0 radical (unpaired) electrons. The van der Waals surface area contributed by atoms with Crippen molar-refractivity contribution in [1.82, 2.24) is 4.90 Å². The molecule has 1 saturated heterocycles. The smallest absolute Gasteiger partial charge is 0.411 e. The number of hydrogen-bond acceptors (Lipinski definition) is 6. The number of methoxy groups -OCH3 is 1. The minimum atomic E-state index is -0.802. The highest BCUT2D eigenvalue weighted by molar-refractivity contribution is 5.83. The summed E-state index contributed by atoms with van der Waals surface area (Å²) < 4.78 is 15.6. The Morgan fingerprint density at radius 3 is 2.41 bits per heavy atom. The van der Waals surface area contributed by atoms with Gasteiger partial charge in [-0.05, 0) is 34.1 Å². The zero-order valence-electron chi connectivity index (χ0n) is 14.0. The van der Waals surface area contributed by atoms with E-state index in [0.29, 0.717) is 19.6 Å². The van der Waals surface area contributed by atoms with Crippen molar-refractivity contribution in [2.45, 2.75) is 51.8 Å². The molecule has 7 heteroatoms. The number of carbonyl (C=O) groups is 2. The van der Waals surface area contributed by atoms with E-state index < -0.39 is 29.7 Å². The molecule has 0 aromatic rings. The summed E-state index contributed by atoms with van der Waals surface area (Å²) in [6, 6.07) is -1.28. The van der Waals surface area contributed by atoms with Crippen LogP contribution >= 0.6 is 0 Å². The van der Waals surface area contributed by atoms with E-state index in [0.717, 1.165) is 0 Å². The van der Waals surface area contributed by atoms with Crippen molar-refractivity contribution in [3.8, 4) is 0 Å². The molecule has 0 aromatic carbocycles. The number of nitrogens with zero attached hydrogens (tertiary/aromatic N) is 1.